The molecule has 5 nitrogen and oxygen atoms in total. The summed E-state index contributed by atoms with van der Waals surface area (Å²) in [6.07, 6.45) is 7.19. The van der Waals surface area contributed by atoms with Crippen LogP contribution in [0.1, 0.15) is 71.3 Å². The highest BCUT2D eigenvalue weighted by atomic mass is 16.5. The number of phenolic OH excluding ortho intramolecular Hbond substituents is 1. The molecule has 2 unspecified atom stereocenters. The number of esters is 1. The van der Waals surface area contributed by atoms with Gasteiger partial charge in [0.15, 0.2) is 0 Å². The number of benzene rings is 1. The molecule has 5 aliphatic rings. The van der Waals surface area contributed by atoms with E-state index < -0.39 is 11.2 Å². The van der Waals surface area contributed by atoms with Crippen molar-refractivity contribution in [3.63, 3.8) is 0 Å². The van der Waals surface area contributed by atoms with Gasteiger partial charge >= 0.3 is 5.97 Å². The van der Waals surface area contributed by atoms with Crippen molar-refractivity contribution in [3.8, 4) is 11.5 Å². The first-order valence-electron chi connectivity index (χ1n) is 12.0. The number of hydrogen-bond donors (Lipinski definition) is 2. The predicted molar refractivity (Wildman–Crippen MR) is 115 cm³/mol. The maximum Gasteiger partial charge on any atom is 0.312 e. The summed E-state index contributed by atoms with van der Waals surface area (Å²) in [5.74, 6) is 1.69. The number of ether oxygens (including phenoxy) is 2. The van der Waals surface area contributed by atoms with Gasteiger partial charge in [0, 0.05) is 22.8 Å². The maximum absolute atomic E-state index is 12.8. The van der Waals surface area contributed by atoms with Gasteiger partial charge < -0.3 is 19.7 Å². The fourth-order valence-electron chi connectivity index (χ4n) is 9.17. The van der Waals surface area contributed by atoms with Crippen LogP contribution in [0.25, 0.3) is 0 Å². The third-order valence-corrected chi connectivity index (χ3v) is 10.6. The molecule has 5 heteroatoms. The summed E-state index contributed by atoms with van der Waals surface area (Å²) in [6, 6.07) is 5.29. The third-order valence-electron chi connectivity index (χ3n) is 10.6. The van der Waals surface area contributed by atoms with Crippen molar-refractivity contribution in [1.82, 2.24) is 0 Å². The molecule has 4 fully saturated rings. The molecule has 1 spiro atoms. The fourth-order valence-corrected chi connectivity index (χ4v) is 9.17. The lowest BCUT2D eigenvalue weighted by Gasteiger charge is -2.71. The molecular weight excluding hydrogens is 392 g/mol. The smallest absolute Gasteiger partial charge is 0.312 e. The molecule has 2 heterocycles. The lowest BCUT2D eigenvalue weighted by atomic mass is 9.36. The molecule has 2 bridgehead atoms. The van der Waals surface area contributed by atoms with E-state index in [0.29, 0.717) is 31.3 Å². The molecule has 1 saturated heterocycles. The van der Waals surface area contributed by atoms with E-state index in [1.807, 2.05) is 13.0 Å². The van der Waals surface area contributed by atoms with Gasteiger partial charge in [-0.3, -0.25) is 4.79 Å². The molecule has 168 valence electrons. The molecule has 1 aromatic carbocycles. The molecule has 0 radical (unpaired) electrons. The van der Waals surface area contributed by atoms with Gasteiger partial charge in [-0.25, -0.2) is 0 Å². The molecule has 3 aliphatic carbocycles. The van der Waals surface area contributed by atoms with Crippen LogP contribution in [0.5, 0.6) is 11.5 Å². The number of aliphatic hydroxyl groups is 1. The van der Waals surface area contributed by atoms with Crippen molar-refractivity contribution in [2.45, 2.75) is 83.3 Å². The quantitative estimate of drug-likeness (QED) is 0.602. The Labute approximate surface area is 184 Å². The number of phenols is 1. The molecule has 7 atom stereocenters. The van der Waals surface area contributed by atoms with Crippen LogP contribution < -0.4 is 4.74 Å². The van der Waals surface area contributed by atoms with Gasteiger partial charge in [-0.2, -0.15) is 0 Å². The summed E-state index contributed by atoms with van der Waals surface area (Å²) in [7, 11) is 0. The minimum absolute atomic E-state index is 0.00561. The van der Waals surface area contributed by atoms with Crippen LogP contribution in [0.4, 0.5) is 0 Å². The lowest BCUT2D eigenvalue weighted by Crippen LogP contribution is -2.75. The van der Waals surface area contributed by atoms with E-state index in [-0.39, 0.29) is 28.0 Å². The highest BCUT2D eigenvalue weighted by molar-refractivity contribution is 5.78. The SMILES string of the molecule is CC12CCC[C@]3(COC1=O)C1CC[C@](C)(O)[C@@]4(Cc5cc(O)ccc5O4)[C@]1(C)CC[C@@H]23. The first kappa shape index (κ1) is 19.9. The second kappa shape index (κ2) is 5.78. The van der Waals surface area contributed by atoms with Crippen LogP contribution in [-0.2, 0) is 16.0 Å². The van der Waals surface area contributed by atoms with E-state index in [1.54, 1.807) is 12.1 Å². The van der Waals surface area contributed by atoms with Crippen molar-refractivity contribution in [1.29, 1.82) is 0 Å². The standard InChI is InChI=1S/C26H34O5/c1-22-9-4-10-25(15-30-21(22)28)19(22)7-11-23(2)20(25)8-12-24(3,29)26(23)14-16-13-17(27)5-6-18(16)31-26/h5-6,13,19-20,27,29H,4,7-12,14-15H2,1-3H3/t19-,20?,22?,23+,24-,25+,26+/m0/s1. The number of hydrogen-bond acceptors (Lipinski definition) is 5. The zero-order valence-corrected chi connectivity index (χ0v) is 18.9. The first-order chi connectivity index (χ1) is 14.6. The average molecular weight is 427 g/mol. The van der Waals surface area contributed by atoms with E-state index in [4.69, 9.17) is 9.47 Å². The number of rotatable bonds is 0. The molecule has 1 aromatic rings. The van der Waals surface area contributed by atoms with Gasteiger partial charge in [-0.05, 0) is 82.4 Å². The number of cyclic esters (lactones) is 1. The van der Waals surface area contributed by atoms with Gasteiger partial charge in [-0.1, -0.05) is 13.3 Å². The Balaban J connectivity index is 1.49. The van der Waals surface area contributed by atoms with Crippen molar-refractivity contribution >= 4 is 5.97 Å². The normalized spacial score (nSPS) is 50.1. The number of carbonyl (C=O) groups is 1. The Hall–Kier alpha value is -1.75. The minimum atomic E-state index is -0.973. The Morgan fingerprint density at radius 3 is 2.61 bits per heavy atom. The van der Waals surface area contributed by atoms with Crippen LogP contribution in [-0.4, -0.2) is 34.0 Å². The molecule has 6 rings (SSSR count). The Bertz CT molecular complexity index is 971. The summed E-state index contributed by atoms with van der Waals surface area (Å²) in [6.45, 7) is 6.91. The average Bonchev–Trinajstić information content (AvgIpc) is 3.10. The Morgan fingerprint density at radius 1 is 1.03 bits per heavy atom. The van der Waals surface area contributed by atoms with Crippen molar-refractivity contribution in [2.75, 3.05) is 6.61 Å². The maximum atomic E-state index is 12.8. The molecule has 0 amide bonds. The largest absolute Gasteiger partial charge is 0.508 e. The van der Waals surface area contributed by atoms with E-state index in [0.717, 1.165) is 49.8 Å². The zero-order valence-electron chi connectivity index (χ0n) is 18.9. The van der Waals surface area contributed by atoms with E-state index >= 15 is 0 Å². The highest BCUT2D eigenvalue weighted by Crippen LogP contribution is 2.73. The number of fused-ring (bicyclic) bond motifs is 3. The van der Waals surface area contributed by atoms with Crippen LogP contribution in [0, 0.1) is 28.1 Å². The first-order valence-corrected chi connectivity index (χ1v) is 12.0. The molecule has 3 saturated carbocycles. The molecule has 0 aromatic heterocycles. The Kier molecular flexibility index (Phi) is 3.71. The Morgan fingerprint density at radius 2 is 1.81 bits per heavy atom. The van der Waals surface area contributed by atoms with Gasteiger partial charge in [0.2, 0.25) is 0 Å². The minimum Gasteiger partial charge on any atom is -0.508 e. The highest BCUT2D eigenvalue weighted by Gasteiger charge is 2.75. The molecule has 2 N–H and O–H groups in total. The summed E-state index contributed by atoms with van der Waals surface area (Å²) < 4.78 is 12.7. The summed E-state index contributed by atoms with van der Waals surface area (Å²) in [5.41, 5.74) is -1.39. The van der Waals surface area contributed by atoms with Crippen molar-refractivity contribution in [2.24, 2.45) is 28.1 Å². The lowest BCUT2D eigenvalue weighted by molar-refractivity contribution is -0.293. The molecule has 2 aliphatic heterocycles. The van der Waals surface area contributed by atoms with Gasteiger partial charge in [0.1, 0.15) is 22.7 Å². The number of aromatic hydroxyl groups is 1. The predicted octanol–water partition coefficient (Wildman–Crippen LogP) is 4.38. The second-order valence-corrected chi connectivity index (χ2v) is 11.9. The van der Waals surface area contributed by atoms with E-state index in [2.05, 4.69) is 13.8 Å². The fraction of sp³-hybridized carbons (Fsp3) is 0.731. The van der Waals surface area contributed by atoms with E-state index in [9.17, 15) is 15.0 Å². The van der Waals surface area contributed by atoms with Gasteiger partial charge in [0.25, 0.3) is 0 Å². The van der Waals surface area contributed by atoms with Gasteiger partial charge in [-0.15, -0.1) is 0 Å². The summed E-state index contributed by atoms with van der Waals surface area (Å²) >= 11 is 0. The van der Waals surface area contributed by atoms with Crippen LogP contribution in [0.3, 0.4) is 0 Å². The second-order valence-electron chi connectivity index (χ2n) is 11.9. The van der Waals surface area contributed by atoms with Gasteiger partial charge in [0.05, 0.1) is 12.0 Å². The third kappa shape index (κ3) is 2.15. The number of carbonyl (C=O) groups excluding carboxylic acids is 1. The zero-order chi connectivity index (χ0) is 21.9. The molecular formula is C26H34O5. The van der Waals surface area contributed by atoms with E-state index in [1.165, 1.54) is 0 Å². The van der Waals surface area contributed by atoms with Crippen molar-refractivity contribution in [3.05, 3.63) is 23.8 Å². The van der Waals surface area contributed by atoms with Crippen LogP contribution >= 0.6 is 0 Å². The molecule has 31 heavy (non-hydrogen) atoms. The van der Waals surface area contributed by atoms with Crippen LogP contribution in [0.15, 0.2) is 18.2 Å². The topological polar surface area (TPSA) is 76.0 Å². The van der Waals surface area contributed by atoms with Crippen molar-refractivity contribution < 1.29 is 24.5 Å². The summed E-state index contributed by atoms with van der Waals surface area (Å²) in [4.78, 5) is 12.8. The summed E-state index contributed by atoms with van der Waals surface area (Å²) in [5, 5.41) is 21.9. The monoisotopic (exact) mass is 426 g/mol. The van der Waals surface area contributed by atoms with Crippen LogP contribution in [0.2, 0.25) is 0 Å².